The molecule has 1 saturated heterocycles. The molecule has 0 spiro atoms. The van der Waals surface area contributed by atoms with Crippen LogP contribution in [0.2, 0.25) is 0 Å². The number of carboxylic acid groups (broad SMARTS) is 1. The standard InChI is InChI=1S/C23H24N4O3S/c1-15-5-3-6-18(11-15)27-9-8-26(14-16(27)2)21-19(23(29)30)12-17(13-24-21)25-22(28)20-7-4-10-31-20/h3-7,10-13,16H,8-9,14H2,1-2H3,(H,25,28)(H,29,30)/t16-/m1/s1. The summed E-state index contributed by atoms with van der Waals surface area (Å²) in [5.41, 5.74) is 2.83. The lowest BCUT2D eigenvalue weighted by atomic mass is 10.1. The van der Waals surface area contributed by atoms with Gasteiger partial charge in [0.2, 0.25) is 0 Å². The second-order valence-corrected chi connectivity index (χ2v) is 8.61. The number of aryl methyl sites for hydroxylation is 1. The van der Waals surface area contributed by atoms with Crippen molar-refractivity contribution < 1.29 is 14.7 Å². The Balaban J connectivity index is 1.52. The smallest absolute Gasteiger partial charge is 0.339 e. The third-order valence-corrected chi connectivity index (χ3v) is 6.23. The lowest BCUT2D eigenvalue weighted by molar-refractivity contribution is 0.0696. The summed E-state index contributed by atoms with van der Waals surface area (Å²) in [6.45, 7) is 6.29. The number of carbonyl (C=O) groups excluding carboxylic acids is 1. The number of amides is 1. The van der Waals surface area contributed by atoms with E-state index in [9.17, 15) is 14.7 Å². The van der Waals surface area contributed by atoms with Crippen LogP contribution in [0.25, 0.3) is 0 Å². The first kappa shape index (κ1) is 20.9. The molecule has 7 nitrogen and oxygen atoms in total. The average Bonchev–Trinajstić information content (AvgIpc) is 3.29. The predicted octanol–water partition coefficient (Wildman–Crippen LogP) is 4.12. The molecule has 0 radical (unpaired) electrons. The molecule has 1 amide bonds. The molecular weight excluding hydrogens is 412 g/mol. The molecule has 1 aliphatic heterocycles. The zero-order valence-electron chi connectivity index (χ0n) is 17.4. The number of carboxylic acids is 1. The Labute approximate surface area is 185 Å². The number of hydrogen-bond donors (Lipinski definition) is 2. The summed E-state index contributed by atoms with van der Waals surface area (Å²) in [5, 5.41) is 14.3. The third kappa shape index (κ3) is 4.54. The van der Waals surface area contributed by atoms with E-state index in [4.69, 9.17) is 0 Å². The van der Waals surface area contributed by atoms with Gasteiger partial charge in [-0.3, -0.25) is 4.79 Å². The first-order valence-corrected chi connectivity index (χ1v) is 11.0. The molecule has 1 atom stereocenters. The number of anilines is 3. The van der Waals surface area contributed by atoms with E-state index < -0.39 is 5.97 Å². The maximum Gasteiger partial charge on any atom is 0.339 e. The van der Waals surface area contributed by atoms with E-state index in [-0.39, 0.29) is 17.5 Å². The van der Waals surface area contributed by atoms with Gasteiger partial charge in [-0.25, -0.2) is 9.78 Å². The largest absolute Gasteiger partial charge is 0.478 e. The minimum absolute atomic E-state index is 0.0835. The molecule has 2 N–H and O–H groups in total. The van der Waals surface area contributed by atoms with Crippen LogP contribution in [0.4, 0.5) is 17.2 Å². The van der Waals surface area contributed by atoms with Crippen molar-refractivity contribution in [2.45, 2.75) is 19.9 Å². The quantitative estimate of drug-likeness (QED) is 0.626. The predicted molar refractivity (Wildman–Crippen MR) is 124 cm³/mol. The Bertz CT molecular complexity index is 1100. The number of nitrogens with one attached hydrogen (secondary N) is 1. The number of rotatable bonds is 5. The molecular formula is C23H24N4O3S. The summed E-state index contributed by atoms with van der Waals surface area (Å²) in [6.07, 6.45) is 1.52. The number of piperazine rings is 1. The first-order chi connectivity index (χ1) is 14.9. The van der Waals surface area contributed by atoms with Crippen molar-refractivity contribution in [1.29, 1.82) is 0 Å². The molecule has 31 heavy (non-hydrogen) atoms. The van der Waals surface area contributed by atoms with Gasteiger partial charge in [-0.2, -0.15) is 0 Å². The molecule has 1 aliphatic rings. The summed E-state index contributed by atoms with van der Waals surface area (Å²) in [6, 6.07) is 13.6. The van der Waals surface area contributed by atoms with Gasteiger partial charge >= 0.3 is 5.97 Å². The van der Waals surface area contributed by atoms with Gasteiger partial charge in [0, 0.05) is 31.4 Å². The maximum absolute atomic E-state index is 12.3. The molecule has 0 saturated carbocycles. The van der Waals surface area contributed by atoms with Gasteiger partial charge in [-0.1, -0.05) is 18.2 Å². The Kier molecular flexibility index (Phi) is 5.90. The Hall–Kier alpha value is -3.39. The van der Waals surface area contributed by atoms with Crippen LogP contribution < -0.4 is 15.1 Å². The van der Waals surface area contributed by atoms with Crippen molar-refractivity contribution in [2.75, 3.05) is 34.8 Å². The van der Waals surface area contributed by atoms with E-state index in [1.165, 1.54) is 34.9 Å². The number of carbonyl (C=O) groups is 2. The minimum Gasteiger partial charge on any atom is -0.478 e. The van der Waals surface area contributed by atoms with Gasteiger partial charge in [-0.15, -0.1) is 11.3 Å². The van der Waals surface area contributed by atoms with Crippen LogP contribution in [-0.2, 0) is 0 Å². The van der Waals surface area contributed by atoms with Crippen molar-refractivity contribution in [3.8, 4) is 0 Å². The fourth-order valence-electron chi connectivity index (χ4n) is 3.88. The molecule has 3 aromatic rings. The highest BCUT2D eigenvalue weighted by Gasteiger charge is 2.28. The normalized spacial score (nSPS) is 16.3. The van der Waals surface area contributed by atoms with Crippen LogP contribution in [0.5, 0.6) is 0 Å². The Morgan fingerprint density at radius 2 is 2.03 bits per heavy atom. The summed E-state index contributed by atoms with van der Waals surface area (Å²) in [7, 11) is 0. The topological polar surface area (TPSA) is 85.8 Å². The molecule has 160 valence electrons. The number of thiophene rings is 1. The average molecular weight is 437 g/mol. The van der Waals surface area contributed by atoms with Crippen LogP contribution >= 0.6 is 11.3 Å². The lowest BCUT2D eigenvalue weighted by Crippen LogP contribution is -2.52. The summed E-state index contributed by atoms with van der Waals surface area (Å²) in [5.74, 6) is -0.915. The van der Waals surface area contributed by atoms with Crippen molar-refractivity contribution in [3.05, 3.63) is 70.0 Å². The third-order valence-electron chi connectivity index (χ3n) is 5.36. The van der Waals surface area contributed by atoms with Gasteiger partial charge in [0.25, 0.3) is 5.91 Å². The monoisotopic (exact) mass is 436 g/mol. The van der Waals surface area contributed by atoms with Crippen molar-refractivity contribution in [3.63, 3.8) is 0 Å². The maximum atomic E-state index is 12.3. The highest BCUT2D eigenvalue weighted by Crippen LogP contribution is 2.27. The number of benzene rings is 1. The minimum atomic E-state index is -1.07. The number of hydrogen-bond acceptors (Lipinski definition) is 6. The zero-order valence-corrected chi connectivity index (χ0v) is 18.2. The second kappa shape index (κ2) is 8.77. The molecule has 8 heteroatoms. The van der Waals surface area contributed by atoms with E-state index in [1.807, 2.05) is 10.3 Å². The van der Waals surface area contributed by atoms with Crippen LogP contribution in [0, 0.1) is 6.92 Å². The second-order valence-electron chi connectivity index (χ2n) is 7.66. The van der Waals surface area contributed by atoms with Crippen LogP contribution in [0.3, 0.4) is 0 Å². The van der Waals surface area contributed by atoms with E-state index in [2.05, 4.69) is 53.3 Å². The number of pyridine rings is 1. The summed E-state index contributed by atoms with van der Waals surface area (Å²) in [4.78, 5) is 33.6. The Morgan fingerprint density at radius 1 is 1.19 bits per heavy atom. The SMILES string of the molecule is Cc1cccc(N2CCN(c3ncc(NC(=O)c4cccs4)cc3C(=O)O)C[C@H]2C)c1. The molecule has 1 aromatic carbocycles. The molecule has 0 unspecified atom stereocenters. The molecule has 1 fully saturated rings. The van der Waals surface area contributed by atoms with Gasteiger partial charge in [-0.05, 0) is 49.1 Å². The van der Waals surface area contributed by atoms with Gasteiger partial charge in [0.05, 0.1) is 16.8 Å². The van der Waals surface area contributed by atoms with E-state index in [0.29, 0.717) is 29.5 Å². The van der Waals surface area contributed by atoms with Gasteiger partial charge in [0.1, 0.15) is 11.4 Å². The fraction of sp³-hybridized carbons (Fsp3) is 0.261. The number of aromatic nitrogens is 1. The van der Waals surface area contributed by atoms with E-state index >= 15 is 0 Å². The van der Waals surface area contributed by atoms with Crippen molar-refractivity contribution >= 4 is 40.4 Å². The van der Waals surface area contributed by atoms with Crippen LogP contribution in [-0.4, -0.2) is 47.6 Å². The van der Waals surface area contributed by atoms with Gasteiger partial charge < -0.3 is 20.2 Å². The lowest BCUT2D eigenvalue weighted by Gasteiger charge is -2.42. The Morgan fingerprint density at radius 3 is 2.71 bits per heavy atom. The molecule has 3 heterocycles. The van der Waals surface area contributed by atoms with Crippen LogP contribution in [0.1, 0.15) is 32.5 Å². The molecule has 2 aromatic heterocycles. The van der Waals surface area contributed by atoms with E-state index in [1.54, 1.807) is 12.1 Å². The summed E-state index contributed by atoms with van der Waals surface area (Å²) >= 11 is 1.32. The first-order valence-electron chi connectivity index (χ1n) is 10.1. The molecule has 0 aliphatic carbocycles. The van der Waals surface area contributed by atoms with Crippen molar-refractivity contribution in [1.82, 2.24) is 4.98 Å². The van der Waals surface area contributed by atoms with Gasteiger partial charge in [0.15, 0.2) is 0 Å². The summed E-state index contributed by atoms with van der Waals surface area (Å²) < 4.78 is 0. The fourth-order valence-corrected chi connectivity index (χ4v) is 4.49. The molecule has 4 rings (SSSR count). The van der Waals surface area contributed by atoms with Crippen molar-refractivity contribution in [2.24, 2.45) is 0 Å². The number of aromatic carboxylic acids is 1. The molecule has 0 bridgehead atoms. The highest BCUT2D eigenvalue weighted by atomic mass is 32.1. The zero-order chi connectivity index (χ0) is 22.0. The van der Waals surface area contributed by atoms with Crippen LogP contribution in [0.15, 0.2) is 54.0 Å². The van der Waals surface area contributed by atoms with E-state index in [0.717, 1.165) is 6.54 Å². The highest BCUT2D eigenvalue weighted by molar-refractivity contribution is 7.12. The number of nitrogens with zero attached hydrogens (tertiary/aromatic N) is 3.